The van der Waals surface area contributed by atoms with Crippen molar-refractivity contribution >= 4 is 27.9 Å². The van der Waals surface area contributed by atoms with E-state index in [0.29, 0.717) is 23.5 Å². The zero-order valence-electron chi connectivity index (χ0n) is 14.7. The Morgan fingerprint density at radius 1 is 1.12 bits per heavy atom. The van der Waals surface area contributed by atoms with Crippen LogP contribution in [-0.4, -0.2) is 20.2 Å². The molecule has 0 spiro atoms. The average Bonchev–Trinajstić information content (AvgIpc) is 3.06. The first-order valence-electron chi connectivity index (χ1n) is 8.68. The zero-order valence-corrected chi connectivity index (χ0v) is 14.7. The molecule has 0 radical (unpaired) electrons. The second-order valence-corrected chi connectivity index (χ2v) is 6.02. The zero-order chi connectivity index (χ0) is 18.1. The van der Waals surface area contributed by atoms with Crippen LogP contribution < -0.4 is 10.9 Å². The summed E-state index contributed by atoms with van der Waals surface area (Å²) in [4.78, 5) is 20.9. The third-order valence-corrected chi connectivity index (χ3v) is 4.56. The number of hydrogen-bond donors (Lipinski definition) is 2. The minimum absolute atomic E-state index is 0.179. The summed E-state index contributed by atoms with van der Waals surface area (Å²) >= 11 is 0. The van der Waals surface area contributed by atoms with Crippen LogP contribution in [0, 0.1) is 0 Å². The van der Waals surface area contributed by atoms with Crippen LogP contribution in [0.15, 0.2) is 39.8 Å². The number of nitrogens with one attached hydrogen (secondary N) is 2. The lowest BCUT2D eigenvalue weighted by atomic mass is 10.0. The SMILES string of the molecule is CCc1n[nH]c(=O)c(CNc2ncnc3c2oc2ccccc23)c1CC. The normalized spacial score (nSPS) is 11.3. The molecular weight excluding hydrogens is 330 g/mol. The van der Waals surface area contributed by atoms with Gasteiger partial charge in [0, 0.05) is 17.5 Å². The summed E-state index contributed by atoms with van der Waals surface area (Å²) in [5, 5.41) is 10.9. The number of aromatic nitrogens is 4. The molecule has 0 aliphatic heterocycles. The Labute approximate surface area is 149 Å². The number of nitrogens with zero attached hydrogens (tertiary/aromatic N) is 3. The molecule has 7 nitrogen and oxygen atoms in total. The van der Waals surface area contributed by atoms with Gasteiger partial charge in [-0.3, -0.25) is 4.79 Å². The molecule has 0 saturated carbocycles. The molecule has 0 atom stereocenters. The highest BCUT2D eigenvalue weighted by Crippen LogP contribution is 2.30. The van der Waals surface area contributed by atoms with E-state index in [0.717, 1.165) is 40.6 Å². The predicted octanol–water partition coefficient (Wildman–Crippen LogP) is 3.20. The molecule has 3 aromatic heterocycles. The lowest BCUT2D eigenvalue weighted by Gasteiger charge is -2.11. The van der Waals surface area contributed by atoms with Gasteiger partial charge >= 0.3 is 0 Å². The Balaban J connectivity index is 1.74. The van der Waals surface area contributed by atoms with Crippen LogP contribution >= 0.6 is 0 Å². The molecule has 1 aromatic carbocycles. The third kappa shape index (κ3) is 2.61. The van der Waals surface area contributed by atoms with Gasteiger partial charge in [-0.15, -0.1) is 0 Å². The standard InChI is InChI=1S/C19H19N5O2/c1-3-11-13(19(25)24-23-14(11)4-2)9-20-18-17-16(21-10-22-18)12-7-5-6-8-15(12)26-17/h5-8,10H,3-4,9H2,1-2H3,(H,24,25)(H,20,21,22). The lowest BCUT2D eigenvalue weighted by Crippen LogP contribution is -2.22. The van der Waals surface area contributed by atoms with E-state index < -0.39 is 0 Å². The van der Waals surface area contributed by atoms with E-state index in [1.165, 1.54) is 6.33 Å². The summed E-state index contributed by atoms with van der Waals surface area (Å²) in [6.07, 6.45) is 3.02. The Hall–Kier alpha value is -3.22. The van der Waals surface area contributed by atoms with Crippen molar-refractivity contribution in [2.75, 3.05) is 5.32 Å². The van der Waals surface area contributed by atoms with Crippen molar-refractivity contribution in [2.45, 2.75) is 33.2 Å². The van der Waals surface area contributed by atoms with E-state index in [-0.39, 0.29) is 5.56 Å². The van der Waals surface area contributed by atoms with Gasteiger partial charge in [-0.2, -0.15) is 5.10 Å². The number of aryl methyl sites for hydroxylation is 1. The Morgan fingerprint density at radius 3 is 2.77 bits per heavy atom. The number of hydrogen-bond acceptors (Lipinski definition) is 6. The second-order valence-electron chi connectivity index (χ2n) is 6.02. The fraction of sp³-hybridized carbons (Fsp3) is 0.263. The fourth-order valence-electron chi connectivity index (χ4n) is 3.28. The van der Waals surface area contributed by atoms with Crippen molar-refractivity contribution < 1.29 is 4.42 Å². The predicted molar refractivity (Wildman–Crippen MR) is 100 cm³/mol. The van der Waals surface area contributed by atoms with Gasteiger partial charge in [0.1, 0.15) is 17.4 Å². The topological polar surface area (TPSA) is 96.7 Å². The minimum Gasteiger partial charge on any atom is -0.450 e. The average molecular weight is 349 g/mol. The molecule has 0 unspecified atom stereocenters. The van der Waals surface area contributed by atoms with Gasteiger partial charge in [0.2, 0.25) is 0 Å². The molecule has 132 valence electrons. The first-order chi connectivity index (χ1) is 12.7. The summed E-state index contributed by atoms with van der Waals surface area (Å²) < 4.78 is 5.92. The fourth-order valence-corrected chi connectivity index (χ4v) is 3.28. The van der Waals surface area contributed by atoms with Gasteiger partial charge in [0.25, 0.3) is 5.56 Å². The van der Waals surface area contributed by atoms with Crippen molar-refractivity contribution in [1.29, 1.82) is 0 Å². The number of para-hydroxylation sites is 1. The van der Waals surface area contributed by atoms with Crippen molar-refractivity contribution in [3.63, 3.8) is 0 Å². The van der Waals surface area contributed by atoms with Crippen LogP contribution in [0.3, 0.4) is 0 Å². The summed E-state index contributed by atoms with van der Waals surface area (Å²) in [7, 11) is 0. The van der Waals surface area contributed by atoms with Gasteiger partial charge < -0.3 is 9.73 Å². The maximum atomic E-state index is 12.3. The number of fused-ring (bicyclic) bond motifs is 3. The molecule has 26 heavy (non-hydrogen) atoms. The first kappa shape index (κ1) is 16.3. The van der Waals surface area contributed by atoms with Crippen molar-refractivity contribution in [2.24, 2.45) is 0 Å². The highest BCUT2D eigenvalue weighted by Gasteiger charge is 2.15. The Morgan fingerprint density at radius 2 is 1.96 bits per heavy atom. The van der Waals surface area contributed by atoms with Crippen molar-refractivity contribution in [3.05, 3.63) is 57.8 Å². The third-order valence-electron chi connectivity index (χ3n) is 4.56. The largest absolute Gasteiger partial charge is 0.450 e. The number of rotatable bonds is 5. The molecule has 4 rings (SSSR count). The molecule has 3 heterocycles. The molecule has 2 N–H and O–H groups in total. The van der Waals surface area contributed by atoms with Crippen LogP contribution in [-0.2, 0) is 19.4 Å². The van der Waals surface area contributed by atoms with Crippen molar-refractivity contribution in [3.8, 4) is 0 Å². The summed E-state index contributed by atoms with van der Waals surface area (Å²) in [5.41, 5.74) is 4.51. The van der Waals surface area contributed by atoms with E-state index >= 15 is 0 Å². The van der Waals surface area contributed by atoms with Crippen LogP contribution in [0.25, 0.3) is 22.1 Å². The maximum absolute atomic E-state index is 12.3. The van der Waals surface area contributed by atoms with Crippen LogP contribution in [0.2, 0.25) is 0 Å². The molecule has 4 aromatic rings. The molecule has 0 aliphatic rings. The lowest BCUT2D eigenvalue weighted by molar-refractivity contribution is 0.666. The van der Waals surface area contributed by atoms with E-state index in [9.17, 15) is 4.79 Å². The van der Waals surface area contributed by atoms with Crippen LogP contribution in [0.4, 0.5) is 5.82 Å². The molecule has 0 aliphatic carbocycles. The van der Waals surface area contributed by atoms with E-state index in [1.807, 2.05) is 38.1 Å². The van der Waals surface area contributed by atoms with Crippen LogP contribution in [0.5, 0.6) is 0 Å². The summed E-state index contributed by atoms with van der Waals surface area (Å²) in [6, 6.07) is 7.73. The van der Waals surface area contributed by atoms with Gasteiger partial charge in [0.15, 0.2) is 11.4 Å². The number of H-pyrrole nitrogens is 1. The molecule has 0 fully saturated rings. The van der Waals surface area contributed by atoms with Crippen LogP contribution in [0.1, 0.15) is 30.7 Å². The highest BCUT2D eigenvalue weighted by molar-refractivity contribution is 6.05. The number of aromatic amines is 1. The van der Waals surface area contributed by atoms with Gasteiger partial charge in [0.05, 0.1) is 5.69 Å². The molecule has 0 amide bonds. The summed E-state index contributed by atoms with van der Waals surface area (Å²) in [6.45, 7) is 4.40. The highest BCUT2D eigenvalue weighted by atomic mass is 16.3. The van der Waals surface area contributed by atoms with Gasteiger partial charge in [-0.05, 0) is 30.5 Å². The molecular formula is C19H19N5O2. The number of benzene rings is 1. The molecule has 7 heteroatoms. The Bertz CT molecular complexity index is 1150. The van der Waals surface area contributed by atoms with E-state index in [4.69, 9.17) is 4.42 Å². The number of anilines is 1. The molecule has 0 bridgehead atoms. The number of furan rings is 1. The van der Waals surface area contributed by atoms with E-state index in [1.54, 1.807) is 0 Å². The minimum atomic E-state index is -0.179. The quantitative estimate of drug-likeness (QED) is 0.574. The summed E-state index contributed by atoms with van der Waals surface area (Å²) in [5.74, 6) is 0.572. The molecule has 0 saturated heterocycles. The first-order valence-corrected chi connectivity index (χ1v) is 8.68. The monoisotopic (exact) mass is 349 g/mol. The second kappa shape index (κ2) is 6.59. The Kier molecular flexibility index (Phi) is 4.12. The maximum Gasteiger partial charge on any atom is 0.269 e. The van der Waals surface area contributed by atoms with Crippen molar-refractivity contribution in [1.82, 2.24) is 20.2 Å². The van der Waals surface area contributed by atoms with E-state index in [2.05, 4.69) is 25.5 Å². The smallest absolute Gasteiger partial charge is 0.269 e. The van der Waals surface area contributed by atoms with Gasteiger partial charge in [-0.25, -0.2) is 15.1 Å². The van der Waals surface area contributed by atoms with Gasteiger partial charge in [-0.1, -0.05) is 26.0 Å².